The van der Waals surface area contributed by atoms with Gasteiger partial charge in [0.2, 0.25) is 11.7 Å². The Bertz CT molecular complexity index is 636. The van der Waals surface area contributed by atoms with Crippen LogP contribution in [0.1, 0.15) is 37.3 Å². The lowest BCUT2D eigenvalue weighted by Gasteiger charge is -2.24. The van der Waals surface area contributed by atoms with Crippen molar-refractivity contribution >= 4 is 0 Å². The van der Waals surface area contributed by atoms with E-state index in [0.717, 1.165) is 24.0 Å². The number of likely N-dealkylation sites (N-methyl/N-ethyl adjacent to an activating group) is 1. The lowest BCUT2D eigenvalue weighted by molar-refractivity contribution is 0.0833. The summed E-state index contributed by atoms with van der Waals surface area (Å²) in [7, 11) is 1.98. The number of aryl methyl sites for hydroxylation is 1. The van der Waals surface area contributed by atoms with E-state index in [2.05, 4.69) is 15.0 Å². The first kappa shape index (κ1) is 15.2. The van der Waals surface area contributed by atoms with Gasteiger partial charge in [0.1, 0.15) is 0 Å². The third-order valence-corrected chi connectivity index (χ3v) is 4.49. The van der Waals surface area contributed by atoms with Crippen molar-refractivity contribution in [1.29, 1.82) is 0 Å². The predicted molar refractivity (Wildman–Crippen MR) is 84.2 cm³/mol. The molecule has 22 heavy (non-hydrogen) atoms. The maximum atomic E-state index is 10.1. The zero-order valence-electron chi connectivity index (χ0n) is 13.4. The average molecular weight is 301 g/mol. The second-order valence-corrected chi connectivity index (χ2v) is 6.29. The van der Waals surface area contributed by atoms with Crippen LogP contribution in [0.2, 0.25) is 0 Å². The molecule has 1 aromatic carbocycles. The van der Waals surface area contributed by atoms with E-state index < -0.39 is 0 Å². The van der Waals surface area contributed by atoms with E-state index in [1.807, 2.05) is 45.2 Å². The van der Waals surface area contributed by atoms with Crippen LogP contribution in [0.5, 0.6) is 0 Å². The van der Waals surface area contributed by atoms with Gasteiger partial charge >= 0.3 is 0 Å². The van der Waals surface area contributed by atoms with Gasteiger partial charge in [-0.1, -0.05) is 29.4 Å². The molecular weight excluding hydrogens is 278 g/mol. The molecule has 1 N–H and O–H groups in total. The zero-order chi connectivity index (χ0) is 15.7. The number of hydrogen-bond acceptors (Lipinski definition) is 5. The van der Waals surface area contributed by atoms with Gasteiger partial charge in [-0.15, -0.1) is 0 Å². The standard InChI is InChI=1S/C17H23N3O2/c1-11-6-4-5-7-14(11)16-18-17(22-19-16)12(2)20(3)10-15(21)13-8-9-13/h4-7,12-13,15,21H,8-10H2,1-3H3. The Morgan fingerprint density at radius 2 is 2.09 bits per heavy atom. The molecule has 1 heterocycles. The van der Waals surface area contributed by atoms with Crippen molar-refractivity contribution in [3.63, 3.8) is 0 Å². The molecule has 1 fully saturated rings. The maximum absolute atomic E-state index is 10.1. The lowest BCUT2D eigenvalue weighted by Crippen LogP contribution is -2.32. The van der Waals surface area contributed by atoms with Gasteiger partial charge in [0.15, 0.2) is 0 Å². The Balaban J connectivity index is 1.71. The summed E-state index contributed by atoms with van der Waals surface area (Å²) in [6.45, 7) is 4.69. The van der Waals surface area contributed by atoms with Crippen LogP contribution in [0.4, 0.5) is 0 Å². The van der Waals surface area contributed by atoms with Gasteiger partial charge < -0.3 is 9.63 Å². The number of aliphatic hydroxyl groups is 1. The Labute approximate surface area is 131 Å². The number of rotatable bonds is 6. The van der Waals surface area contributed by atoms with Crippen molar-refractivity contribution in [1.82, 2.24) is 15.0 Å². The van der Waals surface area contributed by atoms with E-state index >= 15 is 0 Å². The predicted octanol–water partition coefficient (Wildman–Crippen LogP) is 2.81. The molecule has 0 bridgehead atoms. The molecule has 2 atom stereocenters. The number of nitrogens with zero attached hydrogens (tertiary/aromatic N) is 3. The van der Waals surface area contributed by atoms with Gasteiger partial charge in [-0.3, -0.25) is 4.90 Å². The summed E-state index contributed by atoms with van der Waals surface area (Å²) in [5, 5.41) is 14.2. The van der Waals surface area contributed by atoms with Gasteiger partial charge in [0.25, 0.3) is 0 Å². The topological polar surface area (TPSA) is 62.4 Å². The molecule has 3 rings (SSSR count). The van der Waals surface area contributed by atoms with Crippen molar-refractivity contribution in [3.8, 4) is 11.4 Å². The Morgan fingerprint density at radius 3 is 2.77 bits per heavy atom. The molecule has 0 saturated heterocycles. The third kappa shape index (κ3) is 3.20. The molecule has 118 valence electrons. The largest absolute Gasteiger partial charge is 0.392 e. The van der Waals surface area contributed by atoms with E-state index in [-0.39, 0.29) is 12.1 Å². The molecule has 5 heteroatoms. The first-order valence-corrected chi connectivity index (χ1v) is 7.84. The van der Waals surface area contributed by atoms with Crippen LogP contribution in [0, 0.1) is 12.8 Å². The smallest absolute Gasteiger partial charge is 0.244 e. The third-order valence-electron chi connectivity index (χ3n) is 4.49. The normalized spacial score (nSPS) is 17.7. The van der Waals surface area contributed by atoms with Crippen LogP contribution in [-0.4, -0.2) is 39.8 Å². The summed E-state index contributed by atoms with van der Waals surface area (Å²) in [6.07, 6.45) is 2.02. The van der Waals surface area contributed by atoms with Crippen molar-refractivity contribution in [2.75, 3.05) is 13.6 Å². The van der Waals surface area contributed by atoms with Crippen molar-refractivity contribution in [3.05, 3.63) is 35.7 Å². The van der Waals surface area contributed by atoms with E-state index in [9.17, 15) is 5.11 Å². The van der Waals surface area contributed by atoms with Crippen LogP contribution in [0.15, 0.2) is 28.8 Å². The molecule has 0 aliphatic heterocycles. The number of aromatic nitrogens is 2. The molecule has 2 unspecified atom stereocenters. The van der Waals surface area contributed by atoms with E-state index in [1.54, 1.807) is 0 Å². The Hall–Kier alpha value is -1.72. The highest BCUT2D eigenvalue weighted by atomic mass is 16.5. The molecule has 1 saturated carbocycles. The summed E-state index contributed by atoms with van der Waals surface area (Å²) in [5.41, 5.74) is 2.12. The van der Waals surface area contributed by atoms with Crippen LogP contribution in [-0.2, 0) is 0 Å². The molecule has 1 aliphatic carbocycles. The second kappa shape index (κ2) is 6.18. The number of benzene rings is 1. The number of aliphatic hydroxyl groups excluding tert-OH is 1. The minimum absolute atomic E-state index is 0.0151. The maximum Gasteiger partial charge on any atom is 0.244 e. The fourth-order valence-electron chi connectivity index (χ4n) is 2.61. The zero-order valence-corrected chi connectivity index (χ0v) is 13.4. The first-order chi connectivity index (χ1) is 10.6. The molecule has 0 spiro atoms. The first-order valence-electron chi connectivity index (χ1n) is 7.84. The fraction of sp³-hybridized carbons (Fsp3) is 0.529. The lowest BCUT2D eigenvalue weighted by atomic mass is 10.1. The number of hydrogen-bond donors (Lipinski definition) is 1. The van der Waals surface area contributed by atoms with Gasteiger partial charge in [-0.25, -0.2) is 0 Å². The molecule has 0 radical (unpaired) electrons. The van der Waals surface area contributed by atoms with Gasteiger partial charge in [0, 0.05) is 12.1 Å². The molecule has 0 amide bonds. The molecule has 2 aromatic rings. The highest BCUT2D eigenvalue weighted by Crippen LogP contribution is 2.33. The highest BCUT2D eigenvalue weighted by molar-refractivity contribution is 5.58. The summed E-state index contributed by atoms with van der Waals surface area (Å²) in [4.78, 5) is 6.60. The van der Waals surface area contributed by atoms with Crippen LogP contribution >= 0.6 is 0 Å². The van der Waals surface area contributed by atoms with Crippen molar-refractivity contribution in [2.45, 2.75) is 38.8 Å². The van der Waals surface area contributed by atoms with E-state index in [4.69, 9.17) is 4.52 Å². The molecule has 5 nitrogen and oxygen atoms in total. The quantitative estimate of drug-likeness (QED) is 0.889. The molecular formula is C17H23N3O2. The van der Waals surface area contributed by atoms with E-state index in [1.165, 1.54) is 0 Å². The fourth-order valence-corrected chi connectivity index (χ4v) is 2.61. The summed E-state index contributed by atoms with van der Waals surface area (Å²) >= 11 is 0. The van der Waals surface area contributed by atoms with Gasteiger partial charge in [-0.05, 0) is 45.2 Å². The van der Waals surface area contributed by atoms with Crippen molar-refractivity contribution in [2.24, 2.45) is 5.92 Å². The summed E-state index contributed by atoms with van der Waals surface area (Å²) in [5.74, 6) is 1.68. The Morgan fingerprint density at radius 1 is 1.36 bits per heavy atom. The SMILES string of the molecule is Cc1ccccc1-c1noc(C(C)N(C)CC(O)C2CC2)n1. The van der Waals surface area contributed by atoms with Crippen LogP contribution < -0.4 is 0 Å². The van der Waals surface area contributed by atoms with Gasteiger partial charge in [-0.2, -0.15) is 4.98 Å². The highest BCUT2D eigenvalue weighted by Gasteiger charge is 2.32. The summed E-state index contributed by atoms with van der Waals surface area (Å²) < 4.78 is 5.43. The Kier molecular flexibility index (Phi) is 4.27. The minimum atomic E-state index is -0.258. The summed E-state index contributed by atoms with van der Waals surface area (Å²) in [6, 6.07) is 7.98. The average Bonchev–Trinajstić information content (AvgIpc) is 3.25. The van der Waals surface area contributed by atoms with Gasteiger partial charge in [0.05, 0.1) is 12.1 Å². The van der Waals surface area contributed by atoms with E-state index in [0.29, 0.717) is 24.2 Å². The monoisotopic (exact) mass is 301 g/mol. The minimum Gasteiger partial charge on any atom is -0.392 e. The van der Waals surface area contributed by atoms with Crippen LogP contribution in [0.25, 0.3) is 11.4 Å². The van der Waals surface area contributed by atoms with Crippen LogP contribution in [0.3, 0.4) is 0 Å². The molecule has 1 aromatic heterocycles. The second-order valence-electron chi connectivity index (χ2n) is 6.29. The molecule has 1 aliphatic rings. The van der Waals surface area contributed by atoms with Crippen molar-refractivity contribution < 1.29 is 9.63 Å².